The molecule has 1 amide bonds. The molecular weight excluding hydrogens is 539 g/mol. The summed E-state index contributed by atoms with van der Waals surface area (Å²) in [6, 6.07) is 11.6. The van der Waals surface area contributed by atoms with Gasteiger partial charge in [0, 0.05) is 22.3 Å². The SMILES string of the molecule is CC1(NC(=O)c2ccc3c(-c4ccccc4Cl)nn(-c4nnc(C(F)(F)F)s4)c3c2)CCS(O)(O)C1. The maximum absolute atomic E-state index is 13.2. The third-order valence-electron chi connectivity index (χ3n) is 5.86. The summed E-state index contributed by atoms with van der Waals surface area (Å²) in [5.41, 5.74) is 0.726. The highest BCUT2D eigenvalue weighted by Crippen LogP contribution is 2.50. The Labute approximate surface area is 213 Å². The van der Waals surface area contributed by atoms with Crippen LogP contribution in [0.25, 0.3) is 27.3 Å². The number of carbonyl (C=O) groups is 1. The molecule has 0 aliphatic carbocycles. The lowest BCUT2D eigenvalue weighted by atomic mass is 10.0. The minimum absolute atomic E-state index is 0.0492. The predicted molar refractivity (Wildman–Crippen MR) is 133 cm³/mol. The van der Waals surface area contributed by atoms with Gasteiger partial charge in [-0.15, -0.1) is 10.2 Å². The molecule has 0 saturated carbocycles. The van der Waals surface area contributed by atoms with Crippen LogP contribution in [0, 0.1) is 0 Å². The number of aromatic nitrogens is 4. The summed E-state index contributed by atoms with van der Waals surface area (Å²) in [7, 11) is -2.75. The van der Waals surface area contributed by atoms with Crippen LogP contribution in [-0.2, 0) is 6.18 Å². The molecule has 0 bridgehead atoms. The summed E-state index contributed by atoms with van der Waals surface area (Å²) >= 11 is 6.69. The molecule has 1 saturated heterocycles. The maximum atomic E-state index is 13.2. The van der Waals surface area contributed by atoms with Crippen molar-refractivity contribution in [3.05, 3.63) is 58.1 Å². The van der Waals surface area contributed by atoms with E-state index < -0.39 is 33.2 Å². The lowest BCUT2D eigenvalue weighted by molar-refractivity contribution is -0.138. The molecule has 190 valence electrons. The second-order valence-corrected chi connectivity index (χ2v) is 12.4. The zero-order valence-electron chi connectivity index (χ0n) is 18.6. The third-order valence-corrected chi connectivity index (χ3v) is 9.09. The van der Waals surface area contributed by atoms with Crippen molar-refractivity contribution in [1.29, 1.82) is 0 Å². The van der Waals surface area contributed by atoms with Crippen LogP contribution >= 0.6 is 33.5 Å². The van der Waals surface area contributed by atoms with Crippen molar-refractivity contribution in [2.24, 2.45) is 0 Å². The number of nitrogens with one attached hydrogen (secondary N) is 1. The van der Waals surface area contributed by atoms with Crippen molar-refractivity contribution >= 4 is 50.3 Å². The van der Waals surface area contributed by atoms with Gasteiger partial charge in [-0.25, -0.2) is 4.68 Å². The molecule has 1 aliphatic rings. The lowest BCUT2D eigenvalue weighted by Crippen LogP contribution is -2.46. The monoisotopic (exact) mass is 557 g/mol. The van der Waals surface area contributed by atoms with E-state index in [-0.39, 0.29) is 22.2 Å². The first kappa shape index (κ1) is 25.0. The number of rotatable bonds is 4. The topological polar surface area (TPSA) is 113 Å². The molecule has 3 N–H and O–H groups in total. The van der Waals surface area contributed by atoms with E-state index in [2.05, 4.69) is 20.6 Å². The fraction of sp³-hybridized carbons (Fsp3) is 0.273. The molecule has 0 spiro atoms. The quantitative estimate of drug-likeness (QED) is 0.290. The van der Waals surface area contributed by atoms with E-state index >= 15 is 0 Å². The smallest absolute Gasteiger partial charge is 0.345 e. The zero-order chi connectivity index (χ0) is 25.9. The number of fused-ring (bicyclic) bond motifs is 1. The van der Waals surface area contributed by atoms with Crippen LogP contribution in [0.5, 0.6) is 0 Å². The molecule has 36 heavy (non-hydrogen) atoms. The van der Waals surface area contributed by atoms with E-state index in [4.69, 9.17) is 11.6 Å². The van der Waals surface area contributed by atoms with Crippen molar-refractivity contribution in [3.8, 4) is 16.4 Å². The van der Waals surface area contributed by atoms with Gasteiger partial charge in [0.2, 0.25) is 10.1 Å². The van der Waals surface area contributed by atoms with E-state index in [9.17, 15) is 27.1 Å². The molecule has 5 rings (SSSR count). The molecule has 1 aliphatic heterocycles. The highest BCUT2D eigenvalue weighted by molar-refractivity contribution is 8.24. The first-order valence-electron chi connectivity index (χ1n) is 10.6. The number of alkyl halides is 3. The largest absolute Gasteiger partial charge is 0.445 e. The van der Waals surface area contributed by atoms with E-state index in [1.54, 1.807) is 43.3 Å². The van der Waals surface area contributed by atoms with Gasteiger partial charge < -0.3 is 5.32 Å². The first-order valence-corrected chi connectivity index (χ1v) is 13.7. The summed E-state index contributed by atoms with van der Waals surface area (Å²) in [5.74, 6) is -0.208. The Morgan fingerprint density at radius 2 is 1.97 bits per heavy atom. The molecule has 8 nitrogen and oxygen atoms in total. The van der Waals surface area contributed by atoms with Gasteiger partial charge in [-0.2, -0.15) is 28.9 Å². The van der Waals surface area contributed by atoms with Crippen LogP contribution in [0.15, 0.2) is 42.5 Å². The summed E-state index contributed by atoms with van der Waals surface area (Å²) in [4.78, 5) is 13.1. The molecule has 2 aromatic heterocycles. The molecule has 0 radical (unpaired) electrons. The van der Waals surface area contributed by atoms with Crippen LogP contribution in [0.4, 0.5) is 13.2 Å². The predicted octanol–water partition coefficient (Wildman–Crippen LogP) is 5.86. The highest BCUT2D eigenvalue weighted by Gasteiger charge is 2.40. The van der Waals surface area contributed by atoms with Gasteiger partial charge in [0.05, 0.1) is 21.8 Å². The molecule has 1 fully saturated rings. The van der Waals surface area contributed by atoms with Gasteiger partial charge in [-0.3, -0.25) is 13.9 Å². The number of hydrogen-bond acceptors (Lipinski definition) is 7. The van der Waals surface area contributed by atoms with Crippen LogP contribution in [0.3, 0.4) is 0 Å². The Morgan fingerprint density at radius 3 is 2.61 bits per heavy atom. The van der Waals surface area contributed by atoms with Crippen molar-refractivity contribution in [1.82, 2.24) is 25.3 Å². The number of hydrogen-bond donors (Lipinski definition) is 3. The fourth-order valence-corrected chi connectivity index (χ4v) is 7.22. The first-order chi connectivity index (χ1) is 16.9. The fourth-order valence-electron chi connectivity index (χ4n) is 4.16. The average Bonchev–Trinajstić information content (AvgIpc) is 3.49. The average molecular weight is 558 g/mol. The molecular formula is C22H19ClF3N5O3S2. The highest BCUT2D eigenvalue weighted by atomic mass is 35.5. The van der Waals surface area contributed by atoms with Gasteiger partial charge in [0.15, 0.2) is 0 Å². The van der Waals surface area contributed by atoms with Crippen LogP contribution in [0.2, 0.25) is 5.02 Å². The van der Waals surface area contributed by atoms with Crippen LogP contribution in [0.1, 0.15) is 28.7 Å². The number of nitrogens with zero attached hydrogens (tertiary/aromatic N) is 4. The van der Waals surface area contributed by atoms with Crippen molar-refractivity contribution in [3.63, 3.8) is 0 Å². The molecule has 14 heteroatoms. The van der Waals surface area contributed by atoms with Crippen molar-refractivity contribution < 1.29 is 27.1 Å². The van der Waals surface area contributed by atoms with Crippen molar-refractivity contribution in [2.45, 2.75) is 25.1 Å². The number of halogens is 4. The second kappa shape index (κ2) is 8.70. The zero-order valence-corrected chi connectivity index (χ0v) is 21.0. The van der Waals surface area contributed by atoms with E-state index in [1.165, 1.54) is 10.7 Å². The minimum atomic E-state index is -4.66. The lowest BCUT2D eigenvalue weighted by Gasteiger charge is -2.30. The maximum Gasteiger partial charge on any atom is 0.445 e. The number of benzene rings is 2. The summed E-state index contributed by atoms with van der Waals surface area (Å²) < 4.78 is 60.7. The van der Waals surface area contributed by atoms with Crippen molar-refractivity contribution in [2.75, 3.05) is 11.5 Å². The van der Waals surface area contributed by atoms with Gasteiger partial charge in [0.25, 0.3) is 5.91 Å². The van der Waals surface area contributed by atoms with E-state index in [0.29, 0.717) is 44.9 Å². The third kappa shape index (κ3) is 4.68. The van der Waals surface area contributed by atoms with E-state index in [1.807, 2.05) is 0 Å². The Kier molecular flexibility index (Phi) is 6.03. The molecule has 1 atom stereocenters. The normalized spacial score (nSPS) is 20.5. The Hall–Kier alpha value is -2.71. The van der Waals surface area contributed by atoms with Gasteiger partial charge in [-0.05, 0) is 37.6 Å². The Balaban J connectivity index is 1.61. The van der Waals surface area contributed by atoms with E-state index in [0.717, 1.165) is 0 Å². The molecule has 3 heterocycles. The summed E-state index contributed by atoms with van der Waals surface area (Å²) in [6.45, 7) is 1.74. The number of carbonyl (C=O) groups excluding carboxylic acids is 1. The second-order valence-electron chi connectivity index (χ2n) is 8.78. The van der Waals surface area contributed by atoms with Gasteiger partial charge in [0.1, 0.15) is 5.69 Å². The molecule has 1 unspecified atom stereocenters. The summed E-state index contributed by atoms with van der Waals surface area (Å²) in [6.07, 6.45) is -4.26. The molecule has 4 aromatic rings. The molecule has 2 aromatic carbocycles. The standard InChI is InChI=1S/C22H19ClF3N5O3S2/c1-21(8-9-36(33,34)11-21)27-18(32)12-6-7-14-16(10-12)31(20-29-28-19(35-20)22(24,25)26)30-17(14)13-4-2-3-5-15(13)23/h2-7,10,33-34H,8-9,11H2,1H3,(H,27,32). The van der Waals surface area contributed by atoms with Crippen LogP contribution in [-0.4, -0.2) is 52.0 Å². The Bertz CT molecular complexity index is 1490. The summed E-state index contributed by atoms with van der Waals surface area (Å²) in [5, 5.41) is 14.0. The van der Waals surface area contributed by atoms with Crippen LogP contribution < -0.4 is 5.32 Å². The van der Waals surface area contributed by atoms with Gasteiger partial charge >= 0.3 is 6.18 Å². The number of amides is 1. The minimum Gasteiger partial charge on any atom is -0.345 e. The Morgan fingerprint density at radius 1 is 1.22 bits per heavy atom. The van der Waals surface area contributed by atoms with Gasteiger partial charge in [-0.1, -0.05) is 41.1 Å².